The van der Waals surface area contributed by atoms with Gasteiger partial charge in [0.05, 0.1) is 27.7 Å². The van der Waals surface area contributed by atoms with Gasteiger partial charge >= 0.3 is 19.8 Å². The van der Waals surface area contributed by atoms with Crippen LogP contribution in [0.5, 0.6) is 0 Å². The van der Waals surface area contributed by atoms with Crippen LogP contribution in [0.1, 0.15) is 162 Å². The summed E-state index contributed by atoms with van der Waals surface area (Å²) in [6.45, 7) is 4.34. The number of carbonyl (C=O) groups is 2. The van der Waals surface area contributed by atoms with Gasteiger partial charge in [-0.3, -0.25) is 18.6 Å². The van der Waals surface area contributed by atoms with E-state index < -0.39 is 26.5 Å². The number of nitrogens with zero attached hydrogens (tertiary/aromatic N) is 1. The summed E-state index contributed by atoms with van der Waals surface area (Å²) in [6.07, 6.45) is 28.3. The van der Waals surface area contributed by atoms with Gasteiger partial charge in [0.25, 0.3) is 0 Å². The van der Waals surface area contributed by atoms with E-state index >= 15 is 0 Å². The Hall–Kier alpha value is -1.25. The third-order valence-electron chi connectivity index (χ3n) is 8.03. The Morgan fingerprint density at radius 1 is 0.638 bits per heavy atom. The largest absolute Gasteiger partial charge is 0.472 e. The molecule has 0 aromatic rings. The number of ether oxygens (including phenoxy) is 2. The van der Waals surface area contributed by atoms with Gasteiger partial charge in [0.2, 0.25) is 0 Å². The quantitative estimate of drug-likeness (QED) is 0.0234. The van der Waals surface area contributed by atoms with E-state index in [-0.39, 0.29) is 25.6 Å². The van der Waals surface area contributed by atoms with Crippen LogP contribution in [0.3, 0.4) is 0 Å². The van der Waals surface area contributed by atoms with Crippen LogP contribution in [0.4, 0.5) is 0 Å². The smallest absolute Gasteiger partial charge is 0.462 e. The normalized spacial score (nSPS) is 13.9. The summed E-state index contributed by atoms with van der Waals surface area (Å²) in [4.78, 5) is 35.1. The summed E-state index contributed by atoms with van der Waals surface area (Å²) in [6, 6.07) is 0. The zero-order chi connectivity index (χ0) is 35.1. The molecule has 0 fully saturated rings. The highest BCUT2D eigenvalue weighted by atomic mass is 31.2. The number of allylic oxidation sites excluding steroid dienone is 2. The van der Waals surface area contributed by atoms with E-state index in [1.54, 1.807) is 0 Å². The minimum Gasteiger partial charge on any atom is -0.462 e. The van der Waals surface area contributed by atoms with Crippen molar-refractivity contribution in [1.29, 1.82) is 0 Å². The van der Waals surface area contributed by atoms with E-state index in [0.29, 0.717) is 23.9 Å². The molecule has 0 rings (SSSR count). The second-order valence-corrected chi connectivity index (χ2v) is 15.4. The number of phosphoric acid groups is 1. The van der Waals surface area contributed by atoms with Gasteiger partial charge in [0.1, 0.15) is 19.8 Å². The van der Waals surface area contributed by atoms with Crippen LogP contribution >= 0.6 is 7.82 Å². The molecule has 0 aliphatic heterocycles. The molecule has 0 heterocycles. The molecule has 0 aliphatic carbocycles. The van der Waals surface area contributed by atoms with Gasteiger partial charge in [-0.15, -0.1) is 0 Å². The summed E-state index contributed by atoms with van der Waals surface area (Å²) in [7, 11) is 1.47. The highest BCUT2D eigenvalue weighted by Crippen LogP contribution is 2.43. The van der Waals surface area contributed by atoms with Gasteiger partial charge < -0.3 is 18.9 Å². The molecule has 0 bridgehead atoms. The van der Waals surface area contributed by atoms with Crippen molar-refractivity contribution in [1.82, 2.24) is 0 Å². The predicted molar refractivity (Wildman–Crippen MR) is 192 cm³/mol. The van der Waals surface area contributed by atoms with Gasteiger partial charge in [0, 0.05) is 12.8 Å². The molecule has 1 N–H and O–H groups in total. The molecule has 2 atom stereocenters. The summed E-state index contributed by atoms with van der Waals surface area (Å²) in [5.74, 6) is -0.808. The second kappa shape index (κ2) is 30.8. The average Bonchev–Trinajstić information content (AvgIpc) is 3.01. The number of unbranched alkanes of at least 4 members (excludes halogenated alkanes) is 18. The molecule has 0 aromatic heterocycles. The third kappa shape index (κ3) is 34.4. The SMILES string of the molecule is CCC/C=C/CCCCCCCC(=O)O[C@@H](COC(=O)CCCCCCCCCCCCCCC)COP(=O)(O)OCC[N+](C)(C)C. The van der Waals surface area contributed by atoms with E-state index in [9.17, 15) is 19.0 Å². The number of hydrogen-bond acceptors (Lipinski definition) is 7. The molecule has 0 aromatic carbocycles. The molecule has 47 heavy (non-hydrogen) atoms. The Bertz CT molecular complexity index is 830. The fourth-order valence-corrected chi connectivity index (χ4v) is 5.76. The van der Waals surface area contributed by atoms with Crippen molar-refractivity contribution in [2.45, 2.75) is 168 Å². The molecule has 0 spiro atoms. The lowest BCUT2D eigenvalue weighted by molar-refractivity contribution is -0.870. The molecule has 10 heteroatoms. The van der Waals surface area contributed by atoms with Gasteiger partial charge in [-0.1, -0.05) is 129 Å². The average molecular weight is 691 g/mol. The second-order valence-electron chi connectivity index (χ2n) is 14.0. The minimum absolute atomic E-state index is 0.0326. The molecular formula is C37H73NO8P+. The van der Waals surface area contributed by atoms with Crippen LogP contribution in [0.25, 0.3) is 0 Å². The van der Waals surface area contributed by atoms with E-state index in [4.69, 9.17) is 18.5 Å². The first kappa shape index (κ1) is 45.8. The van der Waals surface area contributed by atoms with Crippen LogP contribution in [0, 0.1) is 0 Å². The van der Waals surface area contributed by atoms with Crippen molar-refractivity contribution in [2.24, 2.45) is 0 Å². The topological polar surface area (TPSA) is 108 Å². The first-order valence-electron chi connectivity index (χ1n) is 18.9. The third-order valence-corrected chi connectivity index (χ3v) is 9.01. The minimum atomic E-state index is -4.36. The Morgan fingerprint density at radius 2 is 1.13 bits per heavy atom. The number of carbonyl (C=O) groups excluding carboxylic acids is 2. The monoisotopic (exact) mass is 691 g/mol. The highest BCUT2D eigenvalue weighted by Gasteiger charge is 2.27. The Balaban J connectivity index is 4.42. The maximum absolute atomic E-state index is 12.6. The number of quaternary nitrogens is 1. The molecule has 9 nitrogen and oxygen atoms in total. The van der Waals surface area contributed by atoms with Gasteiger partial charge in [-0.25, -0.2) is 4.57 Å². The Labute approximate surface area is 288 Å². The summed E-state index contributed by atoms with van der Waals surface area (Å²) < 4.78 is 34.1. The van der Waals surface area contributed by atoms with Crippen LogP contribution in [-0.4, -0.2) is 74.9 Å². The van der Waals surface area contributed by atoms with Gasteiger partial charge in [-0.05, 0) is 32.1 Å². The number of phosphoric ester groups is 1. The van der Waals surface area contributed by atoms with Gasteiger partial charge in [-0.2, -0.15) is 0 Å². The first-order chi connectivity index (χ1) is 22.5. The zero-order valence-electron chi connectivity index (χ0n) is 31.0. The highest BCUT2D eigenvalue weighted by molar-refractivity contribution is 7.47. The standard InChI is InChI=1S/C37H72NO8P/c1-6-8-10-12-14-16-18-19-20-22-23-25-27-29-36(39)43-33-35(34-45-47(41,42)44-32-31-38(3,4)5)46-37(40)30-28-26-24-21-17-15-13-11-9-7-2/h11,13,35H,6-10,12,14-34H2,1-5H3/p+1/b13-11+/t35-/m0/s1. The molecule has 1 unspecified atom stereocenters. The number of likely N-dealkylation sites (N-methyl/N-ethyl adjacent to an activating group) is 1. The van der Waals surface area contributed by atoms with Crippen molar-refractivity contribution in [3.05, 3.63) is 12.2 Å². The molecule has 0 aliphatic rings. The molecule has 0 saturated carbocycles. The van der Waals surface area contributed by atoms with Crippen molar-refractivity contribution in [3.63, 3.8) is 0 Å². The molecule has 0 radical (unpaired) electrons. The summed E-state index contributed by atoms with van der Waals surface area (Å²) in [5, 5.41) is 0. The molecular weight excluding hydrogens is 617 g/mol. The molecule has 278 valence electrons. The van der Waals surface area contributed by atoms with Crippen molar-refractivity contribution < 1.29 is 42.1 Å². The maximum atomic E-state index is 12.6. The Morgan fingerprint density at radius 3 is 1.66 bits per heavy atom. The molecule has 0 amide bonds. The number of rotatable bonds is 34. The number of hydrogen-bond donors (Lipinski definition) is 1. The first-order valence-corrected chi connectivity index (χ1v) is 20.4. The molecule has 0 saturated heterocycles. The lowest BCUT2D eigenvalue weighted by Crippen LogP contribution is -2.37. The van der Waals surface area contributed by atoms with Crippen LogP contribution < -0.4 is 0 Å². The zero-order valence-corrected chi connectivity index (χ0v) is 31.9. The van der Waals surface area contributed by atoms with Crippen LogP contribution in [0.15, 0.2) is 12.2 Å². The van der Waals surface area contributed by atoms with Crippen LogP contribution in [-0.2, 0) is 32.7 Å². The van der Waals surface area contributed by atoms with Gasteiger partial charge in [0.15, 0.2) is 6.10 Å². The fourth-order valence-electron chi connectivity index (χ4n) is 5.02. The lowest BCUT2D eigenvalue weighted by atomic mass is 10.0. The van der Waals surface area contributed by atoms with E-state index in [2.05, 4.69) is 26.0 Å². The van der Waals surface area contributed by atoms with Crippen LogP contribution in [0.2, 0.25) is 0 Å². The predicted octanol–water partition coefficient (Wildman–Crippen LogP) is 9.85. The Kier molecular flexibility index (Phi) is 30.0. The van der Waals surface area contributed by atoms with E-state index in [1.807, 2.05) is 21.1 Å². The van der Waals surface area contributed by atoms with E-state index in [1.165, 1.54) is 70.6 Å². The van der Waals surface area contributed by atoms with E-state index in [0.717, 1.165) is 57.8 Å². The summed E-state index contributed by atoms with van der Waals surface area (Å²) >= 11 is 0. The summed E-state index contributed by atoms with van der Waals surface area (Å²) in [5.41, 5.74) is 0. The lowest BCUT2D eigenvalue weighted by Gasteiger charge is -2.24. The van der Waals surface area contributed by atoms with Crippen molar-refractivity contribution in [2.75, 3.05) is 47.5 Å². The van der Waals surface area contributed by atoms with Crippen molar-refractivity contribution >= 4 is 19.8 Å². The fraction of sp³-hybridized carbons (Fsp3) is 0.892. The maximum Gasteiger partial charge on any atom is 0.472 e. The van der Waals surface area contributed by atoms with Crippen molar-refractivity contribution in [3.8, 4) is 0 Å². The number of esters is 2.